The number of hydrogen-bond acceptors (Lipinski definition) is 4. The molecule has 0 atom stereocenters. The second-order valence-corrected chi connectivity index (χ2v) is 3.42. The number of carbonyl (C=O) groups excluding carboxylic acids is 1. The van der Waals surface area contributed by atoms with Crippen molar-refractivity contribution in [1.29, 1.82) is 0 Å². The van der Waals surface area contributed by atoms with Gasteiger partial charge in [-0.25, -0.2) is 4.79 Å². The summed E-state index contributed by atoms with van der Waals surface area (Å²) in [5.41, 5.74) is -0.706. The largest absolute Gasteiger partial charge is 0.497 e. The topological polar surface area (TPSA) is 81.2 Å². The van der Waals surface area contributed by atoms with E-state index in [1.54, 1.807) is 18.2 Å². The zero-order valence-electron chi connectivity index (χ0n) is 9.10. The summed E-state index contributed by atoms with van der Waals surface area (Å²) < 4.78 is 5.84. The van der Waals surface area contributed by atoms with E-state index in [9.17, 15) is 14.4 Å². The minimum atomic E-state index is -0.608. The van der Waals surface area contributed by atoms with Crippen molar-refractivity contribution in [3.63, 3.8) is 0 Å². The summed E-state index contributed by atoms with van der Waals surface area (Å²) >= 11 is 0. The average molecular weight is 234 g/mol. The lowest BCUT2D eigenvalue weighted by Crippen LogP contribution is -2.35. The van der Waals surface area contributed by atoms with E-state index < -0.39 is 11.2 Å². The summed E-state index contributed by atoms with van der Waals surface area (Å²) in [4.78, 5) is 36.3. The highest BCUT2D eigenvalue weighted by atomic mass is 16.5. The first-order valence-electron chi connectivity index (χ1n) is 4.92. The Kier molecular flexibility index (Phi) is 2.78. The van der Waals surface area contributed by atoms with E-state index >= 15 is 0 Å². The third-order valence-electron chi connectivity index (χ3n) is 2.45. The standard InChI is InChI=1S/C11H10N2O4/c1-17-7-2-3-8-9(6-7)12-11(16)13(4-5-14)10(8)15/h2-3,5-6H,4H2,1H3,(H,12,16). The van der Waals surface area contributed by atoms with Crippen LogP contribution in [0.1, 0.15) is 0 Å². The van der Waals surface area contributed by atoms with Gasteiger partial charge in [0, 0.05) is 6.07 Å². The number of aromatic amines is 1. The van der Waals surface area contributed by atoms with Crippen molar-refractivity contribution in [3.05, 3.63) is 39.0 Å². The Morgan fingerprint density at radius 3 is 2.82 bits per heavy atom. The van der Waals surface area contributed by atoms with E-state index in [1.807, 2.05) is 0 Å². The summed E-state index contributed by atoms with van der Waals surface area (Å²) in [6.45, 7) is -0.254. The molecule has 0 bridgehead atoms. The lowest BCUT2D eigenvalue weighted by atomic mass is 10.2. The van der Waals surface area contributed by atoms with Crippen LogP contribution in [0.3, 0.4) is 0 Å². The smallest absolute Gasteiger partial charge is 0.329 e. The predicted octanol–water partition coefficient (Wildman–Crippen LogP) is -0.103. The second kappa shape index (κ2) is 4.25. The van der Waals surface area contributed by atoms with Gasteiger partial charge in [-0.3, -0.25) is 9.36 Å². The minimum absolute atomic E-state index is 0.254. The van der Waals surface area contributed by atoms with Crippen molar-refractivity contribution in [1.82, 2.24) is 9.55 Å². The number of nitrogens with one attached hydrogen (secondary N) is 1. The Labute approximate surface area is 95.5 Å². The molecule has 6 heteroatoms. The number of ether oxygens (including phenoxy) is 1. The molecule has 0 spiro atoms. The van der Waals surface area contributed by atoms with Gasteiger partial charge in [0.1, 0.15) is 12.0 Å². The van der Waals surface area contributed by atoms with Crippen molar-refractivity contribution >= 4 is 17.2 Å². The molecule has 6 nitrogen and oxygen atoms in total. The maximum Gasteiger partial charge on any atom is 0.329 e. The molecule has 0 aliphatic heterocycles. The Bertz CT molecular complexity index is 684. The number of methoxy groups -OCH3 is 1. The number of aldehydes is 1. The summed E-state index contributed by atoms with van der Waals surface area (Å²) in [5.74, 6) is 0.542. The molecule has 1 aromatic carbocycles. The van der Waals surface area contributed by atoms with Crippen LogP contribution in [0.15, 0.2) is 27.8 Å². The van der Waals surface area contributed by atoms with Crippen molar-refractivity contribution in [2.24, 2.45) is 0 Å². The van der Waals surface area contributed by atoms with E-state index in [-0.39, 0.29) is 6.54 Å². The highest BCUT2D eigenvalue weighted by molar-refractivity contribution is 5.78. The third kappa shape index (κ3) is 1.84. The Balaban J connectivity index is 2.81. The molecular weight excluding hydrogens is 224 g/mol. The SMILES string of the molecule is COc1ccc2c(=O)n(CC=O)c(=O)[nH]c2c1. The van der Waals surface area contributed by atoms with Gasteiger partial charge in [0.2, 0.25) is 0 Å². The third-order valence-corrected chi connectivity index (χ3v) is 2.45. The summed E-state index contributed by atoms with van der Waals surface area (Å²) in [6.07, 6.45) is 0.506. The Morgan fingerprint density at radius 2 is 2.18 bits per heavy atom. The molecule has 0 aliphatic rings. The molecule has 2 aromatic rings. The molecule has 88 valence electrons. The summed E-state index contributed by atoms with van der Waals surface area (Å²) in [6, 6.07) is 4.73. The molecular formula is C11H10N2O4. The first-order valence-corrected chi connectivity index (χ1v) is 4.92. The van der Waals surface area contributed by atoms with Crippen molar-refractivity contribution in [3.8, 4) is 5.75 Å². The van der Waals surface area contributed by atoms with E-state index in [2.05, 4.69) is 4.98 Å². The van der Waals surface area contributed by atoms with E-state index in [1.165, 1.54) is 7.11 Å². The van der Waals surface area contributed by atoms with Crippen LogP contribution in [0, 0.1) is 0 Å². The van der Waals surface area contributed by atoms with Crippen LogP contribution in [-0.2, 0) is 11.3 Å². The summed E-state index contributed by atoms with van der Waals surface area (Å²) in [7, 11) is 1.49. The molecule has 0 saturated heterocycles. The van der Waals surface area contributed by atoms with Crippen LogP contribution < -0.4 is 16.0 Å². The van der Waals surface area contributed by atoms with Crippen LogP contribution in [0.5, 0.6) is 5.75 Å². The number of fused-ring (bicyclic) bond motifs is 1. The number of nitrogens with zero attached hydrogens (tertiary/aromatic N) is 1. The molecule has 17 heavy (non-hydrogen) atoms. The first-order chi connectivity index (χ1) is 8.17. The Hall–Kier alpha value is -2.37. The number of carbonyl (C=O) groups is 1. The fourth-order valence-corrected chi connectivity index (χ4v) is 1.60. The van der Waals surface area contributed by atoms with E-state index in [4.69, 9.17) is 4.74 Å². The number of benzene rings is 1. The van der Waals surface area contributed by atoms with E-state index in [0.29, 0.717) is 22.9 Å². The Morgan fingerprint density at radius 1 is 1.41 bits per heavy atom. The van der Waals surface area contributed by atoms with Gasteiger partial charge >= 0.3 is 5.69 Å². The lowest BCUT2D eigenvalue weighted by Gasteiger charge is -2.04. The molecule has 0 amide bonds. The van der Waals surface area contributed by atoms with Gasteiger partial charge in [0.25, 0.3) is 5.56 Å². The zero-order chi connectivity index (χ0) is 12.4. The van der Waals surface area contributed by atoms with Gasteiger partial charge in [-0.15, -0.1) is 0 Å². The molecule has 0 radical (unpaired) electrons. The number of H-pyrrole nitrogens is 1. The van der Waals surface area contributed by atoms with Crippen LogP contribution in [0.4, 0.5) is 0 Å². The quantitative estimate of drug-likeness (QED) is 0.752. The van der Waals surface area contributed by atoms with Crippen LogP contribution in [0.2, 0.25) is 0 Å². The number of aromatic nitrogens is 2. The van der Waals surface area contributed by atoms with Gasteiger partial charge in [0.05, 0.1) is 24.6 Å². The molecule has 2 rings (SSSR count). The molecule has 0 unspecified atom stereocenters. The van der Waals surface area contributed by atoms with Crippen LogP contribution in [0.25, 0.3) is 10.9 Å². The number of rotatable bonds is 3. The molecule has 1 aromatic heterocycles. The highest BCUT2D eigenvalue weighted by Crippen LogP contribution is 2.14. The van der Waals surface area contributed by atoms with Gasteiger partial charge in [-0.2, -0.15) is 0 Å². The van der Waals surface area contributed by atoms with Crippen molar-refractivity contribution < 1.29 is 9.53 Å². The normalized spacial score (nSPS) is 10.4. The van der Waals surface area contributed by atoms with Gasteiger partial charge in [-0.1, -0.05) is 0 Å². The van der Waals surface area contributed by atoms with Gasteiger partial charge in [0.15, 0.2) is 0 Å². The predicted molar refractivity (Wildman–Crippen MR) is 61.4 cm³/mol. The highest BCUT2D eigenvalue weighted by Gasteiger charge is 2.07. The van der Waals surface area contributed by atoms with Crippen LogP contribution in [-0.4, -0.2) is 22.9 Å². The fourth-order valence-electron chi connectivity index (χ4n) is 1.60. The molecule has 0 fully saturated rings. The molecule has 1 N–H and O–H groups in total. The van der Waals surface area contributed by atoms with Gasteiger partial charge < -0.3 is 14.5 Å². The summed E-state index contributed by atoms with van der Waals surface area (Å²) in [5, 5.41) is 0.340. The second-order valence-electron chi connectivity index (χ2n) is 3.42. The monoisotopic (exact) mass is 234 g/mol. The van der Waals surface area contributed by atoms with Crippen molar-refractivity contribution in [2.75, 3.05) is 7.11 Å². The first kappa shape index (κ1) is 11.1. The van der Waals surface area contributed by atoms with E-state index in [0.717, 1.165) is 4.57 Å². The zero-order valence-corrected chi connectivity index (χ0v) is 9.10. The van der Waals surface area contributed by atoms with Crippen molar-refractivity contribution in [2.45, 2.75) is 6.54 Å². The number of hydrogen-bond donors (Lipinski definition) is 1. The maximum absolute atomic E-state index is 11.9. The maximum atomic E-state index is 11.9. The molecule has 1 heterocycles. The fraction of sp³-hybridized carbons (Fsp3) is 0.182. The van der Waals surface area contributed by atoms with Crippen LogP contribution >= 0.6 is 0 Å². The molecule has 0 aliphatic carbocycles. The minimum Gasteiger partial charge on any atom is -0.497 e. The van der Waals surface area contributed by atoms with Gasteiger partial charge in [-0.05, 0) is 12.1 Å². The lowest BCUT2D eigenvalue weighted by molar-refractivity contribution is -0.108. The molecule has 0 saturated carbocycles. The average Bonchev–Trinajstić information content (AvgIpc) is 2.33.